The van der Waals surface area contributed by atoms with Crippen molar-refractivity contribution in [3.8, 4) is 0 Å². The van der Waals surface area contributed by atoms with Gasteiger partial charge in [0.05, 0.1) is 30.5 Å². The molecule has 1 saturated carbocycles. The Bertz CT molecular complexity index is 830. The topological polar surface area (TPSA) is 81.4 Å². The molecule has 4 unspecified atom stereocenters. The van der Waals surface area contributed by atoms with E-state index in [-0.39, 0.29) is 23.8 Å². The normalized spacial score (nSPS) is 26.0. The zero-order valence-corrected chi connectivity index (χ0v) is 16.1. The van der Waals surface area contributed by atoms with Crippen LogP contribution in [-0.4, -0.2) is 40.1 Å². The molecule has 1 fully saturated rings. The molecule has 0 bridgehead atoms. The van der Waals surface area contributed by atoms with Crippen molar-refractivity contribution < 1.29 is 4.79 Å². The number of aromatic nitrogens is 6. The minimum absolute atomic E-state index is 0.0811. The van der Waals surface area contributed by atoms with Crippen molar-refractivity contribution >= 4 is 17.5 Å². The second-order valence-corrected chi connectivity index (χ2v) is 8.31. The van der Waals surface area contributed by atoms with Crippen molar-refractivity contribution in [3.05, 3.63) is 55.7 Å². The van der Waals surface area contributed by atoms with Gasteiger partial charge in [0.1, 0.15) is 11.6 Å². The fourth-order valence-corrected chi connectivity index (χ4v) is 5.40. The molecule has 0 saturated heterocycles. The number of rotatable bonds is 6. The molecule has 0 radical (unpaired) electrons. The second kappa shape index (κ2) is 8.12. The van der Waals surface area contributed by atoms with Crippen LogP contribution in [0.4, 0.5) is 0 Å². The summed E-state index contributed by atoms with van der Waals surface area (Å²) in [4.78, 5) is 28.3. The van der Waals surface area contributed by atoms with Crippen LogP contribution in [0.3, 0.4) is 0 Å². The SMILES string of the molecule is CC(=O)C1CCC(SCc2ncc[nH]2)C(n2ccnc2)C(n2ccnc2)C1. The molecular weight excluding hydrogens is 360 g/mol. The minimum Gasteiger partial charge on any atom is -0.348 e. The van der Waals surface area contributed by atoms with Crippen LogP contribution in [0.15, 0.2) is 49.8 Å². The Kier molecular flexibility index (Phi) is 5.42. The number of imidazole rings is 3. The molecular formula is C19H24N6OS. The molecule has 7 nitrogen and oxygen atoms in total. The number of nitrogens with zero attached hydrogens (tertiary/aromatic N) is 5. The largest absolute Gasteiger partial charge is 0.348 e. The highest BCUT2D eigenvalue weighted by atomic mass is 32.2. The Morgan fingerprint density at radius 2 is 1.96 bits per heavy atom. The second-order valence-electron chi connectivity index (χ2n) is 7.08. The van der Waals surface area contributed by atoms with Crippen LogP contribution in [0.2, 0.25) is 0 Å². The number of hydrogen-bond donors (Lipinski definition) is 1. The van der Waals surface area contributed by atoms with Gasteiger partial charge < -0.3 is 14.1 Å². The van der Waals surface area contributed by atoms with Gasteiger partial charge in [0.25, 0.3) is 0 Å². The van der Waals surface area contributed by atoms with Crippen molar-refractivity contribution in [2.24, 2.45) is 5.92 Å². The highest BCUT2D eigenvalue weighted by Gasteiger charge is 2.38. The van der Waals surface area contributed by atoms with Gasteiger partial charge in [-0.25, -0.2) is 15.0 Å². The van der Waals surface area contributed by atoms with Crippen molar-refractivity contribution in [3.63, 3.8) is 0 Å². The van der Waals surface area contributed by atoms with Gasteiger partial charge in [-0.2, -0.15) is 0 Å². The van der Waals surface area contributed by atoms with E-state index in [2.05, 4.69) is 29.1 Å². The lowest BCUT2D eigenvalue weighted by atomic mass is 9.93. The van der Waals surface area contributed by atoms with Crippen molar-refractivity contribution in [1.82, 2.24) is 29.1 Å². The summed E-state index contributed by atoms with van der Waals surface area (Å²) >= 11 is 1.90. The number of carbonyl (C=O) groups excluding carboxylic acids is 1. The summed E-state index contributed by atoms with van der Waals surface area (Å²) in [6.45, 7) is 1.72. The van der Waals surface area contributed by atoms with Gasteiger partial charge in [-0.15, -0.1) is 11.8 Å². The first-order valence-electron chi connectivity index (χ1n) is 9.27. The number of aromatic amines is 1. The number of nitrogens with one attached hydrogen (secondary N) is 1. The molecule has 3 aromatic rings. The van der Waals surface area contributed by atoms with E-state index < -0.39 is 0 Å². The molecule has 1 aliphatic carbocycles. The fraction of sp³-hybridized carbons (Fsp3) is 0.474. The predicted molar refractivity (Wildman–Crippen MR) is 104 cm³/mol. The Hall–Kier alpha value is -2.35. The highest BCUT2D eigenvalue weighted by Crippen LogP contribution is 2.44. The van der Waals surface area contributed by atoms with E-state index in [1.807, 2.05) is 55.4 Å². The number of carbonyl (C=O) groups is 1. The summed E-state index contributed by atoms with van der Waals surface area (Å²) in [5.74, 6) is 2.17. The summed E-state index contributed by atoms with van der Waals surface area (Å²) < 4.78 is 4.36. The third-order valence-electron chi connectivity index (χ3n) is 5.44. The van der Waals surface area contributed by atoms with Crippen LogP contribution in [0.5, 0.6) is 0 Å². The Morgan fingerprint density at radius 3 is 2.59 bits per heavy atom. The van der Waals surface area contributed by atoms with Gasteiger partial charge >= 0.3 is 0 Å². The molecule has 0 aliphatic heterocycles. The molecule has 0 spiro atoms. The third kappa shape index (κ3) is 4.00. The monoisotopic (exact) mass is 384 g/mol. The molecule has 1 aliphatic rings. The molecule has 0 amide bonds. The lowest BCUT2D eigenvalue weighted by Gasteiger charge is -2.33. The molecule has 142 valence electrons. The Labute approximate surface area is 162 Å². The van der Waals surface area contributed by atoms with E-state index in [0.717, 1.165) is 30.8 Å². The van der Waals surface area contributed by atoms with Crippen LogP contribution in [0.25, 0.3) is 0 Å². The van der Waals surface area contributed by atoms with E-state index >= 15 is 0 Å². The summed E-state index contributed by atoms with van der Waals surface area (Å²) in [7, 11) is 0. The number of hydrogen-bond acceptors (Lipinski definition) is 5. The first-order chi connectivity index (χ1) is 13.2. The van der Waals surface area contributed by atoms with E-state index in [1.165, 1.54) is 0 Å². The fourth-order valence-electron chi connectivity index (χ4n) is 4.05. The molecule has 1 N–H and O–H groups in total. The average Bonchev–Trinajstić information content (AvgIpc) is 3.42. The number of ketones is 1. The molecule has 0 aromatic carbocycles. The van der Waals surface area contributed by atoms with Crippen LogP contribution in [0.1, 0.15) is 44.1 Å². The van der Waals surface area contributed by atoms with Crippen LogP contribution in [-0.2, 0) is 10.5 Å². The first kappa shape index (κ1) is 18.0. The predicted octanol–water partition coefficient (Wildman–Crippen LogP) is 3.28. The number of H-pyrrole nitrogens is 1. The number of Topliss-reactive ketones (excluding diaryl/α,β-unsaturated/α-hetero) is 1. The molecule has 3 aromatic heterocycles. The zero-order valence-electron chi connectivity index (χ0n) is 15.3. The van der Waals surface area contributed by atoms with Gasteiger partial charge in [0.15, 0.2) is 0 Å². The zero-order chi connectivity index (χ0) is 18.6. The van der Waals surface area contributed by atoms with Crippen LogP contribution >= 0.6 is 11.8 Å². The van der Waals surface area contributed by atoms with Crippen molar-refractivity contribution in [1.29, 1.82) is 0 Å². The van der Waals surface area contributed by atoms with Crippen molar-refractivity contribution in [2.75, 3.05) is 0 Å². The van der Waals surface area contributed by atoms with Gasteiger partial charge in [-0.1, -0.05) is 0 Å². The summed E-state index contributed by atoms with van der Waals surface area (Å²) in [5.41, 5.74) is 0. The van der Waals surface area contributed by atoms with Crippen molar-refractivity contribution in [2.45, 2.75) is 49.3 Å². The minimum atomic E-state index is 0.0811. The maximum atomic E-state index is 12.2. The Balaban J connectivity index is 1.67. The quantitative estimate of drug-likeness (QED) is 0.660. The summed E-state index contributed by atoms with van der Waals surface area (Å²) in [5, 5.41) is 0.348. The van der Waals surface area contributed by atoms with Gasteiger partial charge in [-0.3, -0.25) is 4.79 Å². The first-order valence-corrected chi connectivity index (χ1v) is 10.3. The van der Waals surface area contributed by atoms with E-state index in [4.69, 9.17) is 0 Å². The van der Waals surface area contributed by atoms with Gasteiger partial charge in [0.2, 0.25) is 0 Å². The van der Waals surface area contributed by atoms with Crippen LogP contribution < -0.4 is 0 Å². The van der Waals surface area contributed by atoms with E-state index in [9.17, 15) is 4.79 Å². The average molecular weight is 385 g/mol. The van der Waals surface area contributed by atoms with Gasteiger partial charge in [0, 0.05) is 48.3 Å². The lowest BCUT2D eigenvalue weighted by Crippen LogP contribution is -2.29. The summed E-state index contributed by atoms with van der Waals surface area (Å²) in [6, 6.07) is 0.359. The standard InChI is InChI=1S/C19H24N6OS/c1-14(26)15-2-3-17(27-11-18-22-4-5-23-18)19(25-9-7-21-13-25)16(10-15)24-8-6-20-12-24/h4-9,12-13,15-17,19H,2-3,10-11H2,1H3,(H,22,23). The highest BCUT2D eigenvalue weighted by molar-refractivity contribution is 7.99. The van der Waals surface area contributed by atoms with E-state index in [0.29, 0.717) is 5.25 Å². The number of thioether (sulfide) groups is 1. The summed E-state index contributed by atoms with van der Waals surface area (Å²) in [6.07, 6.45) is 17.8. The third-order valence-corrected chi connectivity index (χ3v) is 6.82. The van der Waals surface area contributed by atoms with Crippen LogP contribution in [0, 0.1) is 5.92 Å². The molecule has 27 heavy (non-hydrogen) atoms. The maximum absolute atomic E-state index is 12.2. The molecule has 3 heterocycles. The maximum Gasteiger partial charge on any atom is 0.132 e. The molecule has 8 heteroatoms. The molecule has 4 rings (SSSR count). The smallest absolute Gasteiger partial charge is 0.132 e. The molecule has 4 atom stereocenters. The Morgan fingerprint density at radius 1 is 1.19 bits per heavy atom. The van der Waals surface area contributed by atoms with Gasteiger partial charge in [-0.05, 0) is 26.2 Å². The lowest BCUT2D eigenvalue weighted by molar-refractivity contribution is -0.121. The van der Waals surface area contributed by atoms with E-state index in [1.54, 1.807) is 13.1 Å².